The number of carbonyl (C=O) groups is 1. The Hall–Kier alpha value is -4.18. The summed E-state index contributed by atoms with van der Waals surface area (Å²) >= 11 is 0. The molecule has 1 saturated heterocycles. The highest BCUT2D eigenvalue weighted by Crippen LogP contribution is 2.24. The fraction of sp³-hybridized carbons (Fsp3) is 0.333. The van der Waals surface area contributed by atoms with E-state index in [4.69, 9.17) is 4.98 Å². The van der Waals surface area contributed by atoms with Crippen LogP contribution in [0, 0.1) is 11.3 Å². The van der Waals surface area contributed by atoms with Crippen LogP contribution in [-0.4, -0.2) is 38.0 Å². The van der Waals surface area contributed by atoms with E-state index >= 15 is 0 Å². The summed E-state index contributed by atoms with van der Waals surface area (Å²) in [6.07, 6.45) is 6.54. The Morgan fingerprint density at radius 2 is 1.81 bits per heavy atom. The molecule has 0 aliphatic carbocycles. The molecule has 1 fully saturated rings. The Kier molecular flexibility index (Phi) is 7.18. The van der Waals surface area contributed by atoms with Gasteiger partial charge in [0.25, 0.3) is 5.56 Å². The number of hydrogen-bond acceptors (Lipinski definition) is 4. The second-order valence-electron chi connectivity index (χ2n) is 9.64. The fourth-order valence-corrected chi connectivity index (χ4v) is 5.06. The first-order valence-electron chi connectivity index (χ1n) is 13.0. The molecule has 7 nitrogen and oxygen atoms in total. The van der Waals surface area contributed by atoms with Crippen molar-refractivity contribution in [1.82, 2.24) is 19.0 Å². The van der Waals surface area contributed by atoms with Crippen LogP contribution in [0.5, 0.6) is 0 Å². The number of imidazole rings is 1. The smallest absolute Gasteiger partial charge is 0.277 e. The standard InChI is InChI=1S/C30H31N5O2/c1-2-3-10-27-32-26-15-18-34(21-28(36)33-16-6-7-17-33)30(37)29(26)35(27)20-22-11-13-23(14-12-22)25-9-5-4-8-24(25)19-31/h4-5,8-9,11-15,18H,2-3,6-7,10,16-17,20-21H2,1H3. The third-order valence-electron chi connectivity index (χ3n) is 7.12. The molecular weight excluding hydrogens is 462 g/mol. The van der Waals surface area contributed by atoms with Crippen molar-refractivity contribution < 1.29 is 4.79 Å². The Morgan fingerprint density at radius 3 is 2.54 bits per heavy atom. The number of aromatic nitrogens is 3. The molecule has 37 heavy (non-hydrogen) atoms. The highest BCUT2D eigenvalue weighted by Gasteiger charge is 2.21. The van der Waals surface area contributed by atoms with Crippen molar-refractivity contribution in [3.05, 3.63) is 88.1 Å². The lowest BCUT2D eigenvalue weighted by molar-refractivity contribution is -0.130. The molecule has 3 heterocycles. The summed E-state index contributed by atoms with van der Waals surface area (Å²) in [5, 5.41) is 9.46. The van der Waals surface area contributed by atoms with Gasteiger partial charge in [-0.2, -0.15) is 5.26 Å². The SMILES string of the molecule is CCCCc1nc2ccn(CC(=O)N3CCCC3)c(=O)c2n1Cc1ccc(-c2ccccc2C#N)cc1. The minimum atomic E-state index is -0.181. The predicted molar refractivity (Wildman–Crippen MR) is 144 cm³/mol. The highest BCUT2D eigenvalue weighted by atomic mass is 16.2. The quantitative estimate of drug-likeness (QED) is 0.355. The Labute approximate surface area is 216 Å². The topological polar surface area (TPSA) is 83.9 Å². The van der Waals surface area contributed by atoms with Gasteiger partial charge in [-0.25, -0.2) is 4.98 Å². The average molecular weight is 494 g/mol. The normalized spacial score (nSPS) is 13.2. The number of rotatable bonds is 8. The number of aryl methyl sites for hydroxylation is 1. The molecule has 1 amide bonds. The minimum Gasteiger partial charge on any atom is -0.341 e. The Balaban J connectivity index is 1.49. The van der Waals surface area contributed by atoms with Crippen LogP contribution in [0.15, 0.2) is 65.6 Å². The summed E-state index contributed by atoms with van der Waals surface area (Å²) in [5.41, 5.74) is 4.59. The van der Waals surface area contributed by atoms with Gasteiger partial charge in [-0.3, -0.25) is 9.59 Å². The van der Waals surface area contributed by atoms with Crippen molar-refractivity contribution in [1.29, 1.82) is 5.26 Å². The molecule has 1 aliphatic rings. The van der Waals surface area contributed by atoms with Crippen molar-refractivity contribution in [3.63, 3.8) is 0 Å². The number of amides is 1. The fourth-order valence-electron chi connectivity index (χ4n) is 5.06. The molecule has 2 aromatic heterocycles. The monoisotopic (exact) mass is 493 g/mol. The van der Waals surface area contributed by atoms with Crippen LogP contribution in [0.25, 0.3) is 22.2 Å². The van der Waals surface area contributed by atoms with E-state index < -0.39 is 0 Å². The number of pyridine rings is 1. The number of unbranched alkanes of at least 4 members (excludes halogenated alkanes) is 1. The lowest BCUT2D eigenvalue weighted by Crippen LogP contribution is -2.34. The summed E-state index contributed by atoms with van der Waals surface area (Å²) in [6.45, 7) is 4.24. The maximum Gasteiger partial charge on any atom is 0.277 e. The number of benzene rings is 2. The van der Waals surface area contributed by atoms with Crippen LogP contribution in [-0.2, 0) is 24.3 Å². The summed E-state index contributed by atoms with van der Waals surface area (Å²) in [4.78, 5) is 33.0. The summed E-state index contributed by atoms with van der Waals surface area (Å²) in [7, 11) is 0. The molecule has 0 saturated carbocycles. The number of likely N-dealkylation sites (tertiary alicyclic amines) is 1. The van der Waals surface area contributed by atoms with E-state index in [1.807, 2.05) is 64.1 Å². The second-order valence-corrected chi connectivity index (χ2v) is 9.64. The zero-order chi connectivity index (χ0) is 25.8. The average Bonchev–Trinajstić information content (AvgIpc) is 3.59. The lowest BCUT2D eigenvalue weighted by atomic mass is 9.99. The van der Waals surface area contributed by atoms with E-state index in [0.29, 0.717) is 23.1 Å². The number of nitriles is 1. The molecule has 1 aliphatic heterocycles. The van der Waals surface area contributed by atoms with Crippen molar-refractivity contribution in [3.8, 4) is 17.2 Å². The van der Waals surface area contributed by atoms with Gasteiger partial charge in [0.1, 0.15) is 17.9 Å². The number of carbonyl (C=O) groups excluding carboxylic acids is 1. The van der Waals surface area contributed by atoms with Gasteiger partial charge in [0.05, 0.1) is 17.1 Å². The van der Waals surface area contributed by atoms with Gasteiger partial charge < -0.3 is 14.0 Å². The molecule has 188 valence electrons. The van der Waals surface area contributed by atoms with E-state index in [2.05, 4.69) is 13.0 Å². The Bertz CT molecular complexity index is 1520. The van der Waals surface area contributed by atoms with Gasteiger partial charge in [0, 0.05) is 32.3 Å². The van der Waals surface area contributed by atoms with Crippen LogP contribution in [0.4, 0.5) is 0 Å². The van der Waals surface area contributed by atoms with Crippen LogP contribution in [0.1, 0.15) is 49.6 Å². The molecule has 0 bridgehead atoms. The maximum atomic E-state index is 13.6. The van der Waals surface area contributed by atoms with Crippen molar-refractivity contribution in [2.75, 3.05) is 13.1 Å². The molecule has 0 unspecified atom stereocenters. The van der Waals surface area contributed by atoms with E-state index in [0.717, 1.165) is 67.7 Å². The van der Waals surface area contributed by atoms with E-state index in [9.17, 15) is 14.9 Å². The van der Waals surface area contributed by atoms with Gasteiger partial charge in [0.15, 0.2) is 0 Å². The highest BCUT2D eigenvalue weighted by molar-refractivity contribution is 5.78. The summed E-state index contributed by atoms with van der Waals surface area (Å²) in [6, 6.07) is 19.8. The largest absolute Gasteiger partial charge is 0.341 e. The molecule has 0 N–H and O–H groups in total. The van der Waals surface area contributed by atoms with Crippen LogP contribution in [0.3, 0.4) is 0 Å². The van der Waals surface area contributed by atoms with Gasteiger partial charge in [-0.05, 0) is 48.1 Å². The second kappa shape index (κ2) is 10.8. The molecule has 2 aromatic carbocycles. The first-order chi connectivity index (χ1) is 18.1. The summed E-state index contributed by atoms with van der Waals surface area (Å²) in [5.74, 6) is 0.876. The number of fused-ring (bicyclic) bond motifs is 1. The predicted octanol–water partition coefficient (Wildman–Crippen LogP) is 4.75. The van der Waals surface area contributed by atoms with E-state index in [-0.39, 0.29) is 18.0 Å². The molecule has 0 spiro atoms. The molecule has 4 aromatic rings. The van der Waals surface area contributed by atoms with Crippen LogP contribution < -0.4 is 5.56 Å². The minimum absolute atomic E-state index is 0.00976. The van der Waals surface area contributed by atoms with Crippen molar-refractivity contribution in [2.45, 2.75) is 52.1 Å². The Morgan fingerprint density at radius 1 is 1.05 bits per heavy atom. The van der Waals surface area contributed by atoms with Crippen LogP contribution in [0.2, 0.25) is 0 Å². The molecular formula is C30H31N5O2. The molecule has 5 rings (SSSR count). The van der Waals surface area contributed by atoms with Gasteiger partial charge in [-0.1, -0.05) is 55.8 Å². The molecule has 0 atom stereocenters. The van der Waals surface area contributed by atoms with E-state index in [1.54, 1.807) is 6.20 Å². The third kappa shape index (κ3) is 5.05. The van der Waals surface area contributed by atoms with E-state index in [1.165, 1.54) is 4.57 Å². The van der Waals surface area contributed by atoms with Crippen molar-refractivity contribution >= 4 is 16.9 Å². The van der Waals surface area contributed by atoms with Gasteiger partial charge >= 0.3 is 0 Å². The third-order valence-corrected chi connectivity index (χ3v) is 7.12. The van der Waals surface area contributed by atoms with Gasteiger partial charge in [0.2, 0.25) is 5.91 Å². The number of nitrogens with zero attached hydrogens (tertiary/aromatic N) is 5. The molecule has 0 radical (unpaired) electrons. The number of hydrogen-bond donors (Lipinski definition) is 0. The zero-order valence-electron chi connectivity index (χ0n) is 21.2. The lowest BCUT2D eigenvalue weighted by Gasteiger charge is -2.16. The first-order valence-corrected chi connectivity index (χ1v) is 13.0. The maximum absolute atomic E-state index is 13.6. The summed E-state index contributed by atoms with van der Waals surface area (Å²) < 4.78 is 3.54. The van der Waals surface area contributed by atoms with Crippen molar-refractivity contribution in [2.24, 2.45) is 0 Å². The van der Waals surface area contributed by atoms with Crippen LogP contribution >= 0.6 is 0 Å². The molecule has 7 heteroatoms. The van der Waals surface area contributed by atoms with Gasteiger partial charge in [-0.15, -0.1) is 0 Å². The first kappa shape index (κ1) is 24.5. The zero-order valence-corrected chi connectivity index (χ0v) is 21.2.